The Labute approximate surface area is 196 Å². The second kappa shape index (κ2) is 9.03. The van der Waals surface area contributed by atoms with Crippen molar-refractivity contribution in [2.24, 2.45) is 0 Å². The fraction of sp³-hybridized carbons (Fsp3) is 0.214. The monoisotopic (exact) mass is 463 g/mol. The molecule has 174 valence electrons. The summed E-state index contributed by atoms with van der Waals surface area (Å²) in [6.07, 6.45) is -1.08. The van der Waals surface area contributed by atoms with E-state index in [9.17, 15) is 13.2 Å². The molecule has 0 saturated heterocycles. The molecule has 5 rings (SSSR count). The van der Waals surface area contributed by atoms with Crippen LogP contribution in [0.15, 0.2) is 83.3 Å². The average Bonchev–Trinajstić information content (AvgIpc) is 3.28. The molecule has 1 aliphatic heterocycles. The maximum atomic E-state index is 12.9. The highest BCUT2D eigenvalue weighted by Gasteiger charge is 2.30. The van der Waals surface area contributed by atoms with Gasteiger partial charge >= 0.3 is 6.18 Å². The second-order valence-electron chi connectivity index (χ2n) is 8.48. The number of methoxy groups -OCH3 is 1. The number of fused-ring (bicyclic) bond motifs is 1. The van der Waals surface area contributed by atoms with Crippen LogP contribution in [0.1, 0.15) is 23.1 Å². The molecule has 0 fully saturated rings. The Morgan fingerprint density at radius 1 is 0.941 bits per heavy atom. The van der Waals surface area contributed by atoms with Crippen molar-refractivity contribution < 1.29 is 22.3 Å². The van der Waals surface area contributed by atoms with Crippen molar-refractivity contribution in [3.8, 4) is 17.1 Å². The maximum absolute atomic E-state index is 12.9. The van der Waals surface area contributed by atoms with Gasteiger partial charge in [0.1, 0.15) is 5.76 Å². The fourth-order valence-electron chi connectivity index (χ4n) is 4.42. The summed E-state index contributed by atoms with van der Waals surface area (Å²) in [6.45, 7) is 2.60. The molecule has 34 heavy (non-hydrogen) atoms. The molecule has 3 nitrogen and oxygen atoms in total. The highest BCUT2D eigenvalue weighted by molar-refractivity contribution is 5.88. The van der Waals surface area contributed by atoms with Gasteiger partial charge in [0.05, 0.1) is 12.7 Å². The van der Waals surface area contributed by atoms with E-state index in [1.165, 1.54) is 23.3 Å². The lowest BCUT2D eigenvalue weighted by molar-refractivity contribution is -0.137. The minimum Gasteiger partial charge on any atom is -0.493 e. The van der Waals surface area contributed by atoms with Gasteiger partial charge in [0.2, 0.25) is 0 Å². The van der Waals surface area contributed by atoms with E-state index in [0.717, 1.165) is 49.1 Å². The molecule has 0 amide bonds. The molecule has 0 radical (unpaired) electrons. The normalized spacial score (nSPS) is 14.9. The summed E-state index contributed by atoms with van der Waals surface area (Å²) in [4.78, 5) is 2.38. The molecule has 2 heterocycles. The maximum Gasteiger partial charge on any atom is 0.416 e. The number of furan rings is 1. The Balaban J connectivity index is 1.37. The molecule has 0 unspecified atom stereocenters. The van der Waals surface area contributed by atoms with Gasteiger partial charge in [-0.3, -0.25) is 4.90 Å². The topological polar surface area (TPSA) is 25.6 Å². The number of halogens is 3. The molecule has 0 aliphatic carbocycles. The number of benzene rings is 3. The van der Waals surface area contributed by atoms with Crippen LogP contribution >= 0.6 is 0 Å². The zero-order valence-corrected chi connectivity index (χ0v) is 18.7. The van der Waals surface area contributed by atoms with E-state index in [2.05, 4.69) is 41.3 Å². The lowest BCUT2D eigenvalue weighted by Gasteiger charge is -2.26. The standard InChI is InChI=1S/C28H24F3NO2/c1-33-26-16-19(18-32-13-11-21(12-14-32)20-5-3-2-4-6-20)15-23-17-25(34-27(23)26)22-7-9-24(10-8-22)28(29,30)31/h2-11,15-17H,12-14,18H2,1H3. The van der Waals surface area contributed by atoms with Crippen LogP contribution in [0.3, 0.4) is 0 Å². The van der Waals surface area contributed by atoms with Crippen molar-refractivity contribution in [1.29, 1.82) is 0 Å². The van der Waals surface area contributed by atoms with Crippen LogP contribution in [0.2, 0.25) is 0 Å². The first-order chi connectivity index (χ1) is 16.4. The minimum atomic E-state index is -4.37. The predicted molar refractivity (Wildman–Crippen MR) is 128 cm³/mol. The number of ether oxygens (including phenoxy) is 1. The lowest BCUT2D eigenvalue weighted by atomic mass is 9.99. The second-order valence-corrected chi connectivity index (χ2v) is 8.48. The Morgan fingerprint density at radius 3 is 2.35 bits per heavy atom. The van der Waals surface area contributed by atoms with Crippen LogP contribution in [0.4, 0.5) is 13.2 Å². The fourth-order valence-corrected chi connectivity index (χ4v) is 4.42. The van der Waals surface area contributed by atoms with Crippen molar-refractivity contribution in [3.05, 3.63) is 95.6 Å². The number of alkyl halides is 3. The quantitative estimate of drug-likeness (QED) is 0.308. The molecule has 1 aliphatic rings. The molecule has 3 aromatic carbocycles. The van der Waals surface area contributed by atoms with Gasteiger partial charge in [0.15, 0.2) is 11.3 Å². The van der Waals surface area contributed by atoms with Crippen LogP contribution in [-0.4, -0.2) is 25.1 Å². The molecular formula is C28H24F3NO2. The molecular weight excluding hydrogens is 439 g/mol. The highest BCUT2D eigenvalue weighted by atomic mass is 19.4. The molecule has 0 atom stereocenters. The molecule has 0 bridgehead atoms. The van der Waals surface area contributed by atoms with Crippen molar-refractivity contribution in [1.82, 2.24) is 4.90 Å². The largest absolute Gasteiger partial charge is 0.493 e. The number of nitrogens with zero attached hydrogens (tertiary/aromatic N) is 1. The smallest absolute Gasteiger partial charge is 0.416 e. The van der Waals surface area contributed by atoms with Crippen LogP contribution in [0.25, 0.3) is 27.9 Å². The average molecular weight is 463 g/mol. The van der Waals surface area contributed by atoms with E-state index in [1.54, 1.807) is 7.11 Å². The molecule has 0 N–H and O–H groups in total. The Hall–Kier alpha value is -3.51. The summed E-state index contributed by atoms with van der Waals surface area (Å²) in [5.41, 5.74) is 4.24. The van der Waals surface area contributed by atoms with Gasteiger partial charge < -0.3 is 9.15 Å². The van der Waals surface area contributed by atoms with Gasteiger partial charge in [-0.05, 0) is 53.5 Å². The third kappa shape index (κ3) is 4.59. The van der Waals surface area contributed by atoms with Crippen molar-refractivity contribution >= 4 is 16.5 Å². The zero-order valence-electron chi connectivity index (χ0n) is 18.7. The Kier molecular flexibility index (Phi) is 5.92. The van der Waals surface area contributed by atoms with E-state index < -0.39 is 11.7 Å². The summed E-state index contributed by atoms with van der Waals surface area (Å²) < 4.78 is 50.2. The molecule has 0 spiro atoms. The first-order valence-corrected chi connectivity index (χ1v) is 11.2. The number of hydrogen-bond donors (Lipinski definition) is 0. The van der Waals surface area contributed by atoms with E-state index in [1.807, 2.05) is 18.2 Å². The first kappa shape index (κ1) is 22.3. The summed E-state index contributed by atoms with van der Waals surface area (Å²) in [6, 6.07) is 21.3. The predicted octanol–water partition coefficient (Wildman–Crippen LogP) is 7.42. The van der Waals surface area contributed by atoms with E-state index >= 15 is 0 Å². The van der Waals surface area contributed by atoms with E-state index in [0.29, 0.717) is 22.7 Å². The van der Waals surface area contributed by atoms with Gasteiger partial charge in [0, 0.05) is 30.6 Å². The van der Waals surface area contributed by atoms with Crippen molar-refractivity contribution in [2.75, 3.05) is 20.2 Å². The first-order valence-electron chi connectivity index (χ1n) is 11.2. The molecule has 6 heteroatoms. The SMILES string of the molecule is COc1cc(CN2CC=C(c3ccccc3)CC2)cc2cc(-c3ccc(C(F)(F)F)cc3)oc12. The van der Waals surface area contributed by atoms with Crippen molar-refractivity contribution in [3.63, 3.8) is 0 Å². The highest BCUT2D eigenvalue weighted by Crippen LogP contribution is 2.36. The van der Waals surface area contributed by atoms with Gasteiger partial charge in [-0.25, -0.2) is 0 Å². The minimum absolute atomic E-state index is 0.507. The van der Waals surface area contributed by atoms with Gasteiger partial charge in [-0.15, -0.1) is 0 Å². The third-order valence-corrected chi connectivity index (χ3v) is 6.20. The molecule has 1 aromatic heterocycles. The summed E-state index contributed by atoms with van der Waals surface area (Å²) in [7, 11) is 1.59. The van der Waals surface area contributed by atoms with E-state index in [4.69, 9.17) is 9.15 Å². The number of hydrogen-bond acceptors (Lipinski definition) is 3. The summed E-state index contributed by atoms with van der Waals surface area (Å²) in [5, 5.41) is 0.863. The Morgan fingerprint density at radius 2 is 1.71 bits per heavy atom. The van der Waals surface area contributed by atoms with E-state index in [-0.39, 0.29) is 0 Å². The Bertz CT molecular complexity index is 1320. The third-order valence-electron chi connectivity index (χ3n) is 6.20. The zero-order chi connectivity index (χ0) is 23.7. The van der Waals surface area contributed by atoms with Gasteiger partial charge in [0.25, 0.3) is 0 Å². The van der Waals surface area contributed by atoms with Gasteiger partial charge in [-0.2, -0.15) is 13.2 Å². The van der Waals surface area contributed by atoms with Crippen LogP contribution in [0.5, 0.6) is 5.75 Å². The molecule has 0 saturated carbocycles. The van der Waals surface area contributed by atoms with Crippen LogP contribution in [0, 0.1) is 0 Å². The lowest BCUT2D eigenvalue weighted by Crippen LogP contribution is -2.28. The molecule has 4 aromatic rings. The van der Waals surface area contributed by atoms with Crippen LogP contribution < -0.4 is 4.74 Å². The van der Waals surface area contributed by atoms with Crippen LogP contribution in [-0.2, 0) is 12.7 Å². The summed E-state index contributed by atoms with van der Waals surface area (Å²) >= 11 is 0. The summed E-state index contributed by atoms with van der Waals surface area (Å²) in [5.74, 6) is 1.12. The number of rotatable bonds is 5. The van der Waals surface area contributed by atoms with Gasteiger partial charge in [-0.1, -0.05) is 48.5 Å². The van der Waals surface area contributed by atoms with Crippen molar-refractivity contribution in [2.45, 2.75) is 19.1 Å².